The second-order valence-corrected chi connectivity index (χ2v) is 16.3. The number of alkyl halides is 2. The maximum absolute atomic E-state index is 14.2. The summed E-state index contributed by atoms with van der Waals surface area (Å²) >= 11 is 0. The van der Waals surface area contributed by atoms with Gasteiger partial charge in [-0.25, -0.2) is 23.1 Å². The highest BCUT2D eigenvalue weighted by molar-refractivity contribution is 6.08. The van der Waals surface area contributed by atoms with Gasteiger partial charge in [-0.2, -0.15) is 10.2 Å². The van der Waals surface area contributed by atoms with Crippen LogP contribution in [0, 0.1) is 16.7 Å². The summed E-state index contributed by atoms with van der Waals surface area (Å²) in [4.78, 5) is 36.4. The Kier molecular flexibility index (Phi) is 8.28. The predicted molar refractivity (Wildman–Crippen MR) is 181 cm³/mol. The second kappa shape index (κ2) is 12.4. The number of nitrogens with zero attached hydrogens (tertiary/aromatic N) is 8. The highest BCUT2D eigenvalue weighted by atomic mass is 19.3. The summed E-state index contributed by atoms with van der Waals surface area (Å²) in [6.07, 6.45) is 7.80. The Morgan fingerprint density at radius 1 is 1.14 bits per heavy atom. The number of carboxylic acid groups (broad SMARTS) is 1. The maximum atomic E-state index is 14.2. The van der Waals surface area contributed by atoms with Crippen molar-refractivity contribution >= 4 is 29.2 Å². The fourth-order valence-corrected chi connectivity index (χ4v) is 9.77. The zero-order valence-corrected chi connectivity index (χ0v) is 29.0. The summed E-state index contributed by atoms with van der Waals surface area (Å²) in [5, 5.41) is 20.9. The Morgan fingerprint density at radius 2 is 1.90 bits per heavy atom. The van der Waals surface area contributed by atoms with Gasteiger partial charge < -0.3 is 29.9 Å². The molecule has 2 bridgehead atoms. The minimum Gasteiger partial charge on any atom is -0.465 e. The molecule has 7 heterocycles. The van der Waals surface area contributed by atoms with Gasteiger partial charge in [-0.05, 0) is 75.4 Å². The summed E-state index contributed by atoms with van der Waals surface area (Å²) in [6, 6.07) is 2.14. The highest BCUT2D eigenvalue weighted by Gasteiger charge is 2.59. The van der Waals surface area contributed by atoms with Crippen molar-refractivity contribution in [3.05, 3.63) is 35.9 Å². The molecule has 2 N–H and O–H groups in total. The fraction of sp³-hybridized carbons (Fsp3) is 0.686. The van der Waals surface area contributed by atoms with Gasteiger partial charge in [-0.1, -0.05) is 20.8 Å². The van der Waals surface area contributed by atoms with E-state index in [0.717, 1.165) is 76.9 Å². The summed E-state index contributed by atoms with van der Waals surface area (Å²) in [7, 11) is 0. The molecule has 3 aromatic heterocycles. The summed E-state index contributed by atoms with van der Waals surface area (Å²) < 4.78 is 37.2. The first kappa shape index (κ1) is 33.3. The van der Waals surface area contributed by atoms with Crippen molar-refractivity contribution in [2.24, 2.45) is 16.7 Å². The lowest BCUT2D eigenvalue weighted by molar-refractivity contribution is -0.135. The van der Waals surface area contributed by atoms with Crippen LogP contribution in [-0.4, -0.2) is 109 Å². The van der Waals surface area contributed by atoms with E-state index in [1.165, 1.54) is 10.7 Å². The average Bonchev–Trinajstić information content (AvgIpc) is 3.87. The van der Waals surface area contributed by atoms with E-state index in [2.05, 4.69) is 46.1 Å². The molecule has 1 aliphatic carbocycles. The van der Waals surface area contributed by atoms with Crippen LogP contribution in [0.2, 0.25) is 0 Å². The van der Waals surface area contributed by atoms with Crippen LogP contribution < -0.4 is 10.2 Å². The normalized spacial score (nSPS) is 28.2. The van der Waals surface area contributed by atoms with Crippen LogP contribution in [0.25, 0.3) is 5.65 Å². The first-order valence-corrected chi connectivity index (χ1v) is 18.0. The minimum atomic E-state index is -2.84. The van der Waals surface area contributed by atoms with Crippen LogP contribution in [0.15, 0.2) is 24.7 Å². The number of carbonyl (C=O) groups is 2. The first-order chi connectivity index (χ1) is 23.9. The number of halogens is 2. The van der Waals surface area contributed by atoms with Gasteiger partial charge in [0.05, 0.1) is 36.7 Å². The van der Waals surface area contributed by atoms with Crippen LogP contribution in [-0.2, 0) is 4.74 Å². The third-order valence-corrected chi connectivity index (χ3v) is 12.0. The van der Waals surface area contributed by atoms with Crippen molar-refractivity contribution in [1.82, 2.24) is 34.2 Å². The van der Waals surface area contributed by atoms with Gasteiger partial charge in [0.1, 0.15) is 11.4 Å². The molecule has 8 rings (SSSR count). The molecular formula is C35H47F2N9O4. The van der Waals surface area contributed by atoms with Crippen LogP contribution in [0.3, 0.4) is 0 Å². The monoisotopic (exact) mass is 695 g/mol. The molecule has 270 valence electrons. The van der Waals surface area contributed by atoms with Crippen molar-refractivity contribution in [3.8, 4) is 0 Å². The van der Waals surface area contributed by atoms with Crippen LogP contribution in [0.4, 0.5) is 25.1 Å². The number of likely N-dealkylation sites (tertiary alicyclic amines) is 2. The van der Waals surface area contributed by atoms with E-state index in [0.29, 0.717) is 24.7 Å². The molecule has 50 heavy (non-hydrogen) atoms. The lowest BCUT2D eigenvalue weighted by Gasteiger charge is -2.63. The number of carbonyl (C=O) groups excluding carboxylic acids is 1. The van der Waals surface area contributed by atoms with E-state index < -0.39 is 24.1 Å². The molecule has 1 saturated carbocycles. The molecule has 4 aliphatic heterocycles. The zero-order valence-electron chi connectivity index (χ0n) is 29.0. The second-order valence-electron chi connectivity index (χ2n) is 16.3. The largest absolute Gasteiger partial charge is 0.465 e. The standard InChI is InChI=1S/C35H47F2N9O4/c1-34(2,3)32-35(20-44(32)33(48)49)9-12-42(13-10-35)16-21-4-6-22(7-5-21)46-18-26(28(41-46)29(36)37)39-31(47)25-15-38-45-11-8-27(40-30(25)45)43-17-24-14-23(43)19-50-24/h8,11,15,18,21-24,29,32H,4-7,9-10,12-14,16-17,19-20H2,1-3H3,(H,39,47)(H,48,49)/t21?,22?,23-,24-,32?/m1/s1. The number of aromatic nitrogens is 5. The Bertz CT molecular complexity index is 1760. The van der Waals surface area contributed by atoms with E-state index in [-0.39, 0.29) is 46.3 Å². The molecule has 15 heteroatoms. The number of anilines is 2. The third-order valence-electron chi connectivity index (χ3n) is 12.0. The van der Waals surface area contributed by atoms with Crippen LogP contribution in [0.5, 0.6) is 0 Å². The van der Waals surface area contributed by atoms with E-state index in [9.17, 15) is 23.5 Å². The summed E-state index contributed by atoms with van der Waals surface area (Å²) in [6.45, 7) is 11.4. The number of amides is 2. The molecule has 5 fully saturated rings. The number of piperidine rings is 1. The molecule has 5 aliphatic rings. The molecule has 0 radical (unpaired) electrons. The number of rotatable bonds is 7. The molecule has 3 aromatic rings. The predicted octanol–water partition coefficient (Wildman–Crippen LogP) is 5.32. The third kappa shape index (κ3) is 5.89. The molecule has 1 unspecified atom stereocenters. The Balaban J connectivity index is 0.881. The number of morpholine rings is 1. The number of hydrogen-bond donors (Lipinski definition) is 2. The first-order valence-electron chi connectivity index (χ1n) is 18.0. The van der Waals surface area contributed by atoms with Crippen molar-refractivity contribution < 1.29 is 28.2 Å². The van der Waals surface area contributed by atoms with E-state index in [4.69, 9.17) is 9.72 Å². The Morgan fingerprint density at radius 3 is 2.54 bits per heavy atom. The van der Waals surface area contributed by atoms with Gasteiger partial charge in [-0.15, -0.1) is 0 Å². The van der Waals surface area contributed by atoms with Gasteiger partial charge in [-0.3, -0.25) is 9.48 Å². The molecule has 0 aromatic carbocycles. The van der Waals surface area contributed by atoms with Gasteiger partial charge in [0.25, 0.3) is 12.3 Å². The highest BCUT2D eigenvalue weighted by Crippen LogP contribution is 2.53. The van der Waals surface area contributed by atoms with Gasteiger partial charge >= 0.3 is 6.09 Å². The molecule has 13 nitrogen and oxygen atoms in total. The molecular weight excluding hydrogens is 648 g/mol. The van der Waals surface area contributed by atoms with E-state index in [1.807, 2.05) is 6.07 Å². The Labute approximate surface area is 289 Å². The maximum Gasteiger partial charge on any atom is 0.407 e. The fourth-order valence-electron chi connectivity index (χ4n) is 9.77. The van der Waals surface area contributed by atoms with Gasteiger partial charge in [0.2, 0.25) is 0 Å². The molecule has 3 atom stereocenters. The van der Waals surface area contributed by atoms with E-state index in [1.54, 1.807) is 22.0 Å². The summed E-state index contributed by atoms with van der Waals surface area (Å²) in [5.41, 5.74) is 0.0940. The minimum absolute atomic E-state index is 0.00453. The smallest absolute Gasteiger partial charge is 0.407 e. The topological polar surface area (TPSA) is 133 Å². The summed E-state index contributed by atoms with van der Waals surface area (Å²) in [5.74, 6) is 0.690. The van der Waals surface area contributed by atoms with Crippen molar-refractivity contribution in [2.75, 3.05) is 49.5 Å². The number of fused-ring (bicyclic) bond motifs is 3. The SMILES string of the molecule is CC(C)(C)C1N(C(=O)O)CC12CCN(CC1CCC(n3cc(NC(=O)c4cnn5ccc(N6C[C@H]7C[C@@H]6CO7)nc45)c(C(F)F)n3)CC1)CC2. The number of nitrogens with one attached hydrogen (secondary N) is 1. The number of ether oxygens (including phenoxy) is 1. The zero-order chi connectivity index (χ0) is 34.9. The molecule has 1 spiro atoms. The molecule has 2 amide bonds. The van der Waals surface area contributed by atoms with Crippen LogP contribution in [0.1, 0.15) is 94.2 Å². The van der Waals surface area contributed by atoms with E-state index >= 15 is 0 Å². The van der Waals surface area contributed by atoms with Crippen molar-refractivity contribution in [3.63, 3.8) is 0 Å². The number of hydrogen-bond acceptors (Lipinski definition) is 8. The van der Waals surface area contributed by atoms with Gasteiger partial charge in [0.15, 0.2) is 11.3 Å². The van der Waals surface area contributed by atoms with Crippen molar-refractivity contribution in [2.45, 2.75) is 96.4 Å². The van der Waals surface area contributed by atoms with Crippen molar-refractivity contribution in [1.29, 1.82) is 0 Å². The van der Waals surface area contributed by atoms with Gasteiger partial charge in [0, 0.05) is 43.5 Å². The quantitative estimate of drug-likeness (QED) is 0.337. The molecule has 4 saturated heterocycles. The lowest BCUT2D eigenvalue weighted by Crippen LogP contribution is -2.72. The Hall–Kier alpha value is -3.85. The lowest BCUT2D eigenvalue weighted by atomic mass is 9.58. The van der Waals surface area contributed by atoms with Crippen LogP contribution >= 0.6 is 0 Å². The average molecular weight is 696 g/mol.